The molecule has 1 N–H and O–H groups in total. The summed E-state index contributed by atoms with van der Waals surface area (Å²) in [6.45, 7) is 2.10. The van der Waals surface area contributed by atoms with Crippen LogP contribution in [-0.4, -0.2) is 24.3 Å². The largest absolute Gasteiger partial charge is 0.493 e. The van der Waals surface area contributed by atoms with Crippen LogP contribution in [0.3, 0.4) is 0 Å². The van der Waals surface area contributed by atoms with Gasteiger partial charge >= 0.3 is 0 Å². The van der Waals surface area contributed by atoms with E-state index in [1.54, 1.807) is 26.5 Å². The average Bonchev–Trinajstić information content (AvgIpc) is 2.52. The standard InChI is InChI=1S/C16H19NO4/c1-11-5-4-6-12(9-18)15(11)21-10-13-16(20-3)14(19-2)7-8-17-13/h4-8,18H,9-10H2,1-3H3. The zero-order chi connectivity index (χ0) is 15.2. The van der Waals surface area contributed by atoms with E-state index in [1.807, 2.05) is 25.1 Å². The fourth-order valence-corrected chi connectivity index (χ4v) is 2.14. The molecule has 0 radical (unpaired) electrons. The molecule has 2 rings (SSSR count). The molecule has 0 aliphatic rings. The van der Waals surface area contributed by atoms with Gasteiger partial charge in [-0.1, -0.05) is 18.2 Å². The maximum atomic E-state index is 9.38. The Labute approximate surface area is 124 Å². The molecule has 0 unspecified atom stereocenters. The first-order valence-corrected chi connectivity index (χ1v) is 6.59. The van der Waals surface area contributed by atoms with Crippen LogP contribution in [0.25, 0.3) is 0 Å². The molecule has 0 saturated carbocycles. The molecule has 0 atom stereocenters. The predicted molar refractivity (Wildman–Crippen MR) is 78.8 cm³/mol. The van der Waals surface area contributed by atoms with E-state index in [0.29, 0.717) is 22.9 Å². The van der Waals surface area contributed by atoms with E-state index in [0.717, 1.165) is 11.1 Å². The van der Waals surface area contributed by atoms with Crippen LogP contribution in [0.5, 0.6) is 17.2 Å². The number of para-hydroxylation sites is 1. The first-order chi connectivity index (χ1) is 10.2. The van der Waals surface area contributed by atoms with E-state index in [4.69, 9.17) is 14.2 Å². The molecular weight excluding hydrogens is 270 g/mol. The minimum absolute atomic E-state index is 0.0698. The van der Waals surface area contributed by atoms with Crippen molar-refractivity contribution >= 4 is 0 Å². The van der Waals surface area contributed by atoms with Gasteiger partial charge < -0.3 is 19.3 Å². The molecule has 1 heterocycles. The van der Waals surface area contributed by atoms with Crippen molar-refractivity contribution in [2.45, 2.75) is 20.1 Å². The van der Waals surface area contributed by atoms with Crippen molar-refractivity contribution in [3.8, 4) is 17.2 Å². The van der Waals surface area contributed by atoms with Crippen molar-refractivity contribution in [2.75, 3.05) is 14.2 Å². The molecule has 0 fully saturated rings. The minimum atomic E-state index is -0.0698. The van der Waals surface area contributed by atoms with Gasteiger partial charge in [-0.05, 0) is 12.5 Å². The molecule has 0 saturated heterocycles. The molecule has 5 nitrogen and oxygen atoms in total. The molecule has 112 valence electrons. The lowest BCUT2D eigenvalue weighted by atomic mass is 10.1. The van der Waals surface area contributed by atoms with E-state index >= 15 is 0 Å². The van der Waals surface area contributed by atoms with Crippen molar-refractivity contribution in [3.63, 3.8) is 0 Å². The van der Waals surface area contributed by atoms with Crippen molar-refractivity contribution < 1.29 is 19.3 Å². The van der Waals surface area contributed by atoms with Crippen molar-refractivity contribution in [2.24, 2.45) is 0 Å². The summed E-state index contributed by atoms with van der Waals surface area (Å²) < 4.78 is 16.4. The van der Waals surface area contributed by atoms with Crippen LogP contribution in [-0.2, 0) is 13.2 Å². The Morgan fingerprint density at radius 1 is 1.10 bits per heavy atom. The summed E-state index contributed by atoms with van der Waals surface area (Å²) in [5.41, 5.74) is 2.35. The fraction of sp³-hybridized carbons (Fsp3) is 0.312. The summed E-state index contributed by atoms with van der Waals surface area (Å²) >= 11 is 0. The summed E-state index contributed by atoms with van der Waals surface area (Å²) in [6.07, 6.45) is 1.64. The number of benzene rings is 1. The summed E-state index contributed by atoms with van der Waals surface area (Å²) in [6, 6.07) is 7.39. The molecule has 0 spiro atoms. The Hall–Kier alpha value is -2.27. The van der Waals surface area contributed by atoms with Crippen LogP contribution < -0.4 is 14.2 Å². The Kier molecular flexibility index (Phi) is 5.00. The number of hydrogen-bond donors (Lipinski definition) is 1. The van der Waals surface area contributed by atoms with Crippen LogP contribution in [0, 0.1) is 6.92 Å². The van der Waals surface area contributed by atoms with Gasteiger partial charge in [0.05, 0.1) is 20.8 Å². The van der Waals surface area contributed by atoms with Crippen molar-refractivity contribution in [1.29, 1.82) is 0 Å². The highest BCUT2D eigenvalue weighted by molar-refractivity contribution is 5.44. The summed E-state index contributed by atoms with van der Waals surface area (Å²) in [4.78, 5) is 4.27. The Bertz CT molecular complexity index is 613. The smallest absolute Gasteiger partial charge is 0.185 e. The first kappa shape index (κ1) is 15.1. The van der Waals surface area contributed by atoms with E-state index in [2.05, 4.69) is 4.98 Å². The molecular formula is C16H19NO4. The second kappa shape index (κ2) is 6.95. The summed E-state index contributed by atoms with van der Waals surface area (Å²) in [5, 5.41) is 9.38. The first-order valence-electron chi connectivity index (χ1n) is 6.59. The van der Waals surface area contributed by atoms with Crippen LogP contribution in [0.1, 0.15) is 16.8 Å². The molecule has 0 amide bonds. The lowest BCUT2D eigenvalue weighted by Gasteiger charge is -2.15. The van der Waals surface area contributed by atoms with Crippen LogP contribution >= 0.6 is 0 Å². The molecule has 0 aliphatic carbocycles. The number of methoxy groups -OCH3 is 2. The number of pyridine rings is 1. The summed E-state index contributed by atoms with van der Waals surface area (Å²) in [7, 11) is 3.14. The monoisotopic (exact) mass is 289 g/mol. The highest BCUT2D eigenvalue weighted by Gasteiger charge is 2.13. The zero-order valence-electron chi connectivity index (χ0n) is 12.4. The average molecular weight is 289 g/mol. The molecule has 2 aromatic rings. The molecule has 1 aromatic heterocycles. The SMILES string of the molecule is COc1ccnc(COc2c(C)cccc2CO)c1OC. The van der Waals surface area contributed by atoms with Gasteiger partial charge in [-0.3, -0.25) is 4.98 Å². The van der Waals surface area contributed by atoms with Crippen molar-refractivity contribution in [1.82, 2.24) is 4.98 Å². The second-order valence-electron chi connectivity index (χ2n) is 4.50. The second-order valence-corrected chi connectivity index (χ2v) is 4.50. The summed E-state index contributed by atoms with van der Waals surface area (Å²) in [5.74, 6) is 1.84. The number of nitrogens with zero attached hydrogens (tertiary/aromatic N) is 1. The van der Waals surface area contributed by atoms with Crippen LogP contribution in [0.2, 0.25) is 0 Å². The highest BCUT2D eigenvalue weighted by atomic mass is 16.5. The molecule has 1 aromatic carbocycles. The van der Waals surface area contributed by atoms with Gasteiger partial charge in [0.2, 0.25) is 0 Å². The molecule has 0 aliphatic heterocycles. The Balaban J connectivity index is 2.25. The topological polar surface area (TPSA) is 60.8 Å². The maximum Gasteiger partial charge on any atom is 0.185 e. The van der Waals surface area contributed by atoms with Gasteiger partial charge in [-0.2, -0.15) is 0 Å². The van der Waals surface area contributed by atoms with Gasteiger partial charge in [-0.25, -0.2) is 0 Å². The fourth-order valence-electron chi connectivity index (χ4n) is 2.14. The van der Waals surface area contributed by atoms with Gasteiger partial charge in [0.25, 0.3) is 0 Å². The van der Waals surface area contributed by atoms with Gasteiger partial charge in [-0.15, -0.1) is 0 Å². The van der Waals surface area contributed by atoms with Crippen LogP contribution in [0.4, 0.5) is 0 Å². The van der Waals surface area contributed by atoms with E-state index in [9.17, 15) is 5.11 Å². The molecule has 21 heavy (non-hydrogen) atoms. The molecule has 0 bridgehead atoms. The van der Waals surface area contributed by atoms with E-state index in [-0.39, 0.29) is 13.2 Å². The Morgan fingerprint density at radius 3 is 2.57 bits per heavy atom. The van der Waals surface area contributed by atoms with Gasteiger partial charge in [0.15, 0.2) is 11.5 Å². The minimum Gasteiger partial charge on any atom is -0.493 e. The van der Waals surface area contributed by atoms with Crippen molar-refractivity contribution in [3.05, 3.63) is 47.3 Å². The zero-order valence-corrected chi connectivity index (χ0v) is 12.4. The number of aliphatic hydroxyl groups is 1. The highest BCUT2D eigenvalue weighted by Crippen LogP contribution is 2.31. The lowest BCUT2D eigenvalue weighted by Crippen LogP contribution is -2.05. The quantitative estimate of drug-likeness (QED) is 0.885. The van der Waals surface area contributed by atoms with Crippen LogP contribution in [0.15, 0.2) is 30.5 Å². The third kappa shape index (κ3) is 3.25. The third-order valence-corrected chi connectivity index (χ3v) is 3.18. The van der Waals surface area contributed by atoms with Gasteiger partial charge in [0.1, 0.15) is 18.1 Å². The number of hydrogen-bond acceptors (Lipinski definition) is 5. The third-order valence-electron chi connectivity index (χ3n) is 3.18. The number of rotatable bonds is 6. The maximum absolute atomic E-state index is 9.38. The van der Waals surface area contributed by atoms with E-state index < -0.39 is 0 Å². The number of aryl methyl sites for hydroxylation is 1. The Morgan fingerprint density at radius 2 is 1.90 bits per heavy atom. The number of aromatic nitrogens is 1. The van der Waals surface area contributed by atoms with E-state index in [1.165, 1.54) is 0 Å². The van der Waals surface area contributed by atoms with Gasteiger partial charge in [0, 0.05) is 17.8 Å². The normalized spacial score (nSPS) is 10.3. The number of ether oxygens (including phenoxy) is 3. The molecule has 5 heteroatoms. The lowest BCUT2D eigenvalue weighted by molar-refractivity contribution is 0.252. The number of aliphatic hydroxyl groups excluding tert-OH is 1. The predicted octanol–water partition coefficient (Wildman–Crippen LogP) is 2.48.